The van der Waals surface area contributed by atoms with Crippen molar-refractivity contribution in [2.24, 2.45) is 0 Å². The highest BCUT2D eigenvalue weighted by atomic mass is 35.5. The zero-order valence-corrected chi connectivity index (χ0v) is 13.8. The van der Waals surface area contributed by atoms with Gasteiger partial charge in [-0.3, -0.25) is 20.2 Å². The molecule has 0 aliphatic heterocycles. The molecule has 0 aliphatic rings. The number of hydrogen-bond acceptors (Lipinski definition) is 6. The average molecular weight is 358 g/mol. The summed E-state index contributed by atoms with van der Waals surface area (Å²) in [7, 11) is 0. The van der Waals surface area contributed by atoms with Crippen molar-refractivity contribution in [2.45, 2.75) is 26.3 Å². The Bertz CT molecular complexity index is 664. The SMILES string of the molecule is CC[C@@H](C)NC(=O)NC(=O)COC(=O)c1ccc(Cl)cc1[N+](=O)[O-]. The van der Waals surface area contributed by atoms with Gasteiger partial charge in [0.05, 0.1) is 4.92 Å². The number of imide groups is 1. The van der Waals surface area contributed by atoms with Crippen LogP contribution in [-0.2, 0) is 9.53 Å². The minimum Gasteiger partial charge on any atom is -0.452 e. The van der Waals surface area contributed by atoms with Crippen LogP contribution in [0.25, 0.3) is 0 Å². The number of carbonyl (C=O) groups is 3. The molecule has 0 bridgehead atoms. The summed E-state index contributed by atoms with van der Waals surface area (Å²) in [6.07, 6.45) is 0.677. The van der Waals surface area contributed by atoms with Crippen LogP contribution in [-0.4, -0.2) is 35.5 Å². The van der Waals surface area contributed by atoms with Crippen molar-refractivity contribution in [1.82, 2.24) is 10.6 Å². The summed E-state index contributed by atoms with van der Waals surface area (Å²) in [6.45, 7) is 2.85. The number of urea groups is 1. The standard InChI is InChI=1S/C14H16ClN3O6/c1-3-8(2)16-14(21)17-12(19)7-24-13(20)10-5-4-9(15)6-11(10)18(22)23/h4-6,8H,3,7H2,1-2H3,(H2,16,17,19,21)/t8-/m1/s1. The summed E-state index contributed by atoms with van der Waals surface area (Å²) >= 11 is 5.64. The van der Waals surface area contributed by atoms with Crippen LogP contribution < -0.4 is 10.6 Å². The normalized spacial score (nSPS) is 11.3. The fourth-order valence-electron chi connectivity index (χ4n) is 1.56. The number of carbonyl (C=O) groups excluding carboxylic acids is 3. The lowest BCUT2D eigenvalue weighted by Gasteiger charge is -2.11. The molecule has 9 nitrogen and oxygen atoms in total. The van der Waals surface area contributed by atoms with Crippen molar-refractivity contribution in [2.75, 3.05) is 6.61 Å². The molecule has 0 saturated carbocycles. The van der Waals surface area contributed by atoms with E-state index >= 15 is 0 Å². The third-order valence-corrected chi connectivity index (χ3v) is 3.19. The van der Waals surface area contributed by atoms with Gasteiger partial charge in [0.2, 0.25) is 0 Å². The average Bonchev–Trinajstić information content (AvgIpc) is 2.52. The number of benzene rings is 1. The molecule has 24 heavy (non-hydrogen) atoms. The second kappa shape index (κ2) is 8.82. The maximum Gasteiger partial charge on any atom is 0.345 e. The Kier molecular flexibility index (Phi) is 7.12. The molecule has 130 valence electrons. The molecule has 1 aromatic carbocycles. The molecule has 0 spiro atoms. The lowest BCUT2D eigenvalue weighted by atomic mass is 10.2. The number of nitrogens with zero attached hydrogens (tertiary/aromatic N) is 1. The third-order valence-electron chi connectivity index (χ3n) is 2.95. The topological polar surface area (TPSA) is 128 Å². The molecule has 1 aromatic rings. The number of nitrogens with one attached hydrogen (secondary N) is 2. The molecule has 1 atom stereocenters. The number of ether oxygens (including phenoxy) is 1. The van der Waals surface area contributed by atoms with E-state index in [1.807, 2.05) is 12.2 Å². The maximum absolute atomic E-state index is 11.8. The minimum absolute atomic E-state index is 0.0812. The van der Waals surface area contributed by atoms with Crippen molar-refractivity contribution in [3.05, 3.63) is 38.9 Å². The molecule has 1 rings (SSSR count). The molecule has 0 saturated heterocycles. The lowest BCUT2D eigenvalue weighted by Crippen LogP contribution is -2.44. The Hall–Kier alpha value is -2.68. The molecule has 0 aromatic heterocycles. The molecule has 0 fully saturated rings. The van der Waals surface area contributed by atoms with E-state index in [-0.39, 0.29) is 16.6 Å². The fraction of sp³-hybridized carbons (Fsp3) is 0.357. The lowest BCUT2D eigenvalue weighted by molar-refractivity contribution is -0.385. The minimum atomic E-state index is -1.07. The van der Waals surface area contributed by atoms with Crippen LogP contribution in [0, 0.1) is 10.1 Å². The van der Waals surface area contributed by atoms with E-state index in [1.54, 1.807) is 6.92 Å². The number of nitro benzene ring substituents is 1. The van der Waals surface area contributed by atoms with Gasteiger partial charge in [0.1, 0.15) is 5.56 Å². The van der Waals surface area contributed by atoms with E-state index in [0.29, 0.717) is 6.42 Å². The highest BCUT2D eigenvalue weighted by Crippen LogP contribution is 2.23. The summed E-state index contributed by atoms with van der Waals surface area (Å²) < 4.78 is 4.67. The first-order chi connectivity index (χ1) is 11.2. The Morgan fingerprint density at radius 2 is 2.04 bits per heavy atom. The molecule has 0 heterocycles. The summed E-state index contributed by atoms with van der Waals surface area (Å²) in [6, 6.07) is 2.55. The van der Waals surface area contributed by atoms with Gasteiger partial charge in [0, 0.05) is 17.1 Å². The highest BCUT2D eigenvalue weighted by Gasteiger charge is 2.22. The smallest absolute Gasteiger partial charge is 0.345 e. The molecule has 10 heteroatoms. The first kappa shape index (κ1) is 19.4. The van der Waals surface area contributed by atoms with Gasteiger partial charge in [0.15, 0.2) is 6.61 Å². The van der Waals surface area contributed by atoms with Gasteiger partial charge in [-0.15, -0.1) is 0 Å². The summed E-state index contributed by atoms with van der Waals surface area (Å²) in [5, 5.41) is 15.5. The predicted molar refractivity (Wildman–Crippen MR) is 84.8 cm³/mol. The predicted octanol–water partition coefficient (Wildman–Crippen LogP) is 2.03. The Balaban J connectivity index is 2.62. The third kappa shape index (κ3) is 5.84. The zero-order chi connectivity index (χ0) is 18.3. The molecule has 0 radical (unpaired) electrons. The van der Waals surface area contributed by atoms with Crippen molar-refractivity contribution in [3.8, 4) is 0 Å². The number of halogens is 1. The number of rotatable bonds is 6. The quantitative estimate of drug-likeness (QED) is 0.455. The number of amides is 3. The van der Waals surface area contributed by atoms with E-state index in [4.69, 9.17) is 11.6 Å². The second-order valence-electron chi connectivity index (χ2n) is 4.83. The van der Waals surface area contributed by atoms with E-state index in [1.165, 1.54) is 6.07 Å². The zero-order valence-electron chi connectivity index (χ0n) is 13.0. The molecular formula is C14H16ClN3O6. The van der Waals surface area contributed by atoms with Crippen molar-refractivity contribution in [1.29, 1.82) is 0 Å². The number of nitro groups is 1. The van der Waals surface area contributed by atoms with E-state index < -0.39 is 35.1 Å². The first-order valence-electron chi connectivity index (χ1n) is 6.96. The molecule has 3 amide bonds. The van der Waals surface area contributed by atoms with Crippen LogP contribution in [0.3, 0.4) is 0 Å². The van der Waals surface area contributed by atoms with Crippen LogP contribution >= 0.6 is 11.6 Å². The fourth-order valence-corrected chi connectivity index (χ4v) is 1.73. The Morgan fingerprint density at radius 3 is 2.62 bits per heavy atom. The Morgan fingerprint density at radius 1 is 1.38 bits per heavy atom. The summed E-state index contributed by atoms with van der Waals surface area (Å²) in [4.78, 5) is 44.9. The monoisotopic (exact) mass is 357 g/mol. The molecule has 2 N–H and O–H groups in total. The van der Waals surface area contributed by atoms with E-state index in [9.17, 15) is 24.5 Å². The van der Waals surface area contributed by atoms with Crippen molar-refractivity contribution < 1.29 is 24.0 Å². The van der Waals surface area contributed by atoms with Gasteiger partial charge in [-0.1, -0.05) is 18.5 Å². The molecule has 0 unspecified atom stereocenters. The van der Waals surface area contributed by atoms with Gasteiger partial charge >= 0.3 is 12.0 Å². The Labute approximate surface area is 142 Å². The van der Waals surface area contributed by atoms with Gasteiger partial charge < -0.3 is 10.1 Å². The van der Waals surface area contributed by atoms with Crippen LogP contribution in [0.1, 0.15) is 30.6 Å². The van der Waals surface area contributed by atoms with Crippen LogP contribution in [0.15, 0.2) is 18.2 Å². The van der Waals surface area contributed by atoms with Gasteiger partial charge in [-0.05, 0) is 25.5 Å². The number of esters is 1. The second-order valence-corrected chi connectivity index (χ2v) is 5.26. The van der Waals surface area contributed by atoms with E-state index in [2.05, 4.69) is 10.1 Å². The largest absolute Gasteiger partial charge is 0.452 e. The first-order valence-corrected chi connectivity index (χ1v) is 7.33. The maximum atomic E-state index is 11.8. The van der Waals surface area contributed by atoms with Gasteiger partial charge in [-0.25, -0.2) is 9.59 Å². The van der Waals surface area contributed by atoms with Crippen LogP contribution in [0.2, 0.25) is 5.02 Å². The molecule has 0 aliphatic carbocycles. The van der Waals surface area contributed by atoms with Gasteiger partial charge in [-0.2, -0.15) is 0 Å². The summed E-state index contributed by atoms with van der Waals surface area (Å²) in [5.41, 5.74) is -0.885. The van der Waals surface area contributed by atoms with E-state index in [0.717, 1.165) is 12.1 Å². The highest BCUT2D eigenvalue weighted by molar-refractivity contribution is 6.31. The van der Waals surface area contributed by atoms with Crippen LogP contribution in [0.5, 0.6) is 0 Å². The van der Waals surface area contributed by atoms with Crippen LogP contribution in [0.4, 0.5) is 10.5 Å². The number of hydrogen-bond donors (Lipinski definition) is 2. The van der Waals surface area contributed by atoms with Gasteiger partial charge in [0.25, 0.3) is 11.6 Å². The molecular weight excluding hydrogens is 342 g/mol. The summed E-state index contributed by atoms with van der Waals surface area (Å²) in [5.74, 6) is -1.93. The van der Waals surface area contributed by atoms with Crippen molar-refractivity contribution >= 4 is 35.2 Å². The van der Waals surface area contributed by atoms with Crippen molar-refractivity contribution in [3.63, 3.8) is 0 Å².